The molecule has 0 fully saturated rings. The van der Waals surface area contributed by atoms with E-state index in [1.54, 1.807) is 7.11 Å². The number of nitrogens with zero attached hydrogens (tertiary/aromatic N) is 1. The summed E-state index contributed by atoms with van der Waals surface area (Å²) < 4.78 is 5.34. The molecule has 1 aromatic carbocycles. The zero-order valence-corrected chi connectivity index (χ0v) is 10.5. The lowest BCUT2D eigenvalue weighted by molar-refractivity contribution is 0.410. The van der Waals surface area contributed by atoms with Gasteiger partial charge in [-0.3, -0.25) is 0 Å². The third kappa shape index (κ3) is 1.69. The van der Waals surface area contributed by atoms with E-state index in [0.29, 0.717) is 5.37 Å². The van der Waals surface area contributed by atoms with Crippen LogP contribution < -0.4 is 9.64 Å². The Balaban J connectivity index is 2.46. The highest BCUT2D eigenvalue weighted by molar-refractivity contribution is 8.00. The maximum absolute atomic E-state index is 5.34. The predicted octanol–water partition coefficient (Wildman–Crippen LogP) is 3.28. The number of fused-ring (bicyclic) bond motifs is 1. The minimum absolute atomic E-state index is 0.538. The van der Waals surface area contributed by atoms with E-state index in [1.165, 1.54) is 16.1 Å². The van der Waals surface area contributed by atoms with Gasteiger partial charge in [-0.25, -0.2) is 0 Å². The van der Waals surface area contributed by atoms with Crippen molar-refractivity contribution in [2.45, 2.75) is 31.0 Å². The lowest BCUT2D eigenvalue weighted by atomic mass is 10.2. The van der Waals surface area contributed by atoms with E-state index in [0.717, 1.165) is 12.3 Å². The molecule has 82 valence electrons. The highest BCUT2D eigenvalue weighted by atomic mass is 32.2. The SMILES string of the molecule is CCN1c2cc(C)c(OC)cc2SC1C. The summed E-state index contributed by atoms with van der Waals surface area (Å²) in [6, 6.07) is 4.38. The first-order chi connectivity index (χ1) is 7.17. The van der Waals surface area contributed by atoms with Gasteiger partial charge in [0.1, 0.15) is 5.75 Å². The standard InChI is InChI=1S/C12H17NOS/c1-5-13-9(3)15-12-7-11(14-4)8(2)6-10(12)13/h6-7,9H,5H2,1-4H3. The van der Waals surface area contributed by atoms with Crippen LogP contribution in [0.4, 0.5) is 5.69 Å². The summed E-state index contributed by atoms with van der Waals surface area (Å²) in [6.07, 6.45) is 0. The lowest BCUT2D eigenvalue weighted by Gasteiger charge is -2.21. The number of rotatable bonds is 2. The molecule has 0 amide bonds. The summed E-state index contributed by atoms with van der Waals surface area (Å²) in [5, 5.41) is 0.538. The molecule has 1 unspecified atom stereocenters. The normalized spacial score (nSPS) is 19.2. The van der Waals surface area contributed by atoms with E-state index in [2.05, 4.69) is 37.8 Å². The van der Waals surface area contributed by atoms with E-state index in [4.69, 9.17) is 4.74 Å². The van der Waals surface area contributed by atoms with Crippen LogP contribution in [0.15, 0.2) is 17.0 Å². The molecule has 2 rings (SSSR count). The number of methoxy groups -OCH3 is 1. The number of thioether (sulfide) groups is 1. The molecule has 1 atom stereocenters. The van der Waals surface area contributed by atoms with Gasteiger partial charge in [0, 0.05) is 11.4 Å². The van der Waals surface area contributed by atoms with Crippen LogP contribution >= 0.6 is 11.8 Å². The van der Waals surface area contributed by atoms with Gasteiger partial charge in [0.05, 0.1) is 18.2 Å². The molecule has 0 radical (unpaired) electrons. The first kappa shape index (κ1) is 10.7. The molecule has 0 bridgehead atoms. The molecule has 0 spiro atoms. The van der Waals surface area contributed by atoms with E-state index >= 15 is 0 Å². The Labute approximate surface area is 95.6 Å². The van der Waals surface area contributed by atoms with E-state index in [1.807, 2.05) is 11.8 Å². The van der Waals surface area contributed by atoms with Gasteiger partial charge in [-0.15, -0.1) is 0 Å². The van der Waals surface area contributed by atoms with Gasteiger partial charge < -0.3 is 9.64 Å². The van der Waals surface area contributed by atoms with Crippen LogP contribution in [0.2, 0.25) is 0 Å². The van der Waals surface area contributed by atoms with E-state index < -0.39 is 0 Å². The Bertz CT molecular complexity index is 378. The van der Waals surface area contributed by atoms with Crippen molar-refractivity contribution in [1.82, 2.24) is 0 Å². The number of benzene rings is 1. The Morgan fingerprint density at radius 2 is 2.20 bits per heavy atom. The summed E-state index contributed by atoms with van der Waals surface area (Å²) in [5.74, 6) is 0.992. The van der Waals surface area contributed by atoms with Gasteiger partial charge >= 0.3 is 0 Å². The van der Waals surface area contributed by atoms with Crippen LogP contribution in [-0.2, 0) is 0 Å². The van der Waals surface area contributed by atoms with Gasteiger partial charge in [0.15, 0.2) is 0 Å². The monoisotopic (exact) mass is 223 g/mol. The van der Waals surface area contributed by atoms with Crippen LogP contribution in [0.3, 0.4) is 0 Å². The van der Waals surface area contributed by atoms with Gasteiger partial charge in [-0.05, 0) is 38.5 Å². The Kier molecular flexibility index (Phi) is 2.83. The zero-order valence-electron chi connectivity index (χ0n) is 9.70. The topological polar surface area (TPSA) is 12.5 Å². The van der Waals surface area contributed by atoms with Gasteiger partial charge in [-0.2, -0.15) is 0 Å². The molecule has 1 aliphatic heterocycles. The fourth-order valence-corrected chi connectivity index (χ4v) is 3.29. The summed E-state index contributed by atoms with van der Waals surface area (Å²) in [5.41, 5.74) is 2.57. The molecule has 1 heterocycles. The van der Waals surface area contributed by atoms with Gasteiger partial charge in [0.2, 0.25) is 0 Å². The van der Waals surface area contributed by atoms with Crippen LogP contribution in [0.5, 0.6) is 5.75 Å². The molecule has 0 saturated carbocycles. The molecule has 0 saturated heterocycles. The van der Waals surface area contributed by atoms with Gasteiger partial charge in [-0.1, -0.05) is 11.8 Å². The molecule has 1 aliphatic rings. The van der Waals surface area contributed by atoms with E-state index in [-0.39, 0.29) is 0 Å². The predicted molar refractivity (Wildman–Crippen MR) is 66.1 cm³/mol. The molecule has 15 heavy (non-hydrogen) atoms. The Morgan fingerprint density at radius 3 is 2.80 bits per heavy atom. The number of aryl methyl sites for hydroxylation is 1. The van der Waals surface area contributed by atoms with Gasteiger partial charge in [0.25, 0.3) is 0 Å². The summed E-state index contributed by atoms with van der Waals surface area (Å²) in [6.45, 7) is 7.61. The molecule has 0 aliphatic carbocycles. The molecule has 0 N–H and O–H groups in total. The summed E-state index contributed by atoms with van der Waals surface area (Å²) >= 11 is 1.91. The largest absolute Gasteiger partial charge is 0.496 e. The number of hydrogen-bond acceptors (Lipinski definition) is 3. The number of ether oxygens (including phenoxy) is 1. The van der Waals surface area contributed by atoms with Crippen molar-refractivity contribution < 1.29 is 4.74 Å². The average Bonchev–Trinajstić information content (AvgIpc) is 2.51. The second kappa shape index (κ2) is 3.97. The highest BCUT2D eigenvalue weighted by Gasteiger charge is 2.26. The Hall–Kier alpha value is -0.830. The molecular weight excluding hydrogens is 206 g/mol. The Morgan fingerprint density at radius 1 is 1.47 bits per heavy atom. The molecular formula is C12H17NOS. The van der Waals surface area contributed by atoms with Crippen LogP contribution in [-0.4, -0.2) is 19.0 Å². The van der Waals surface area contributed by atoms with Crippen molar-refractivity contribution in [1.29, 1.82) is 0 Å². The first-order valence-corrected chi connectivity index (χ1v) is 6.17. The third-order valence-corrected chi connectivity index (χ3v) is 4.04. The summed E-state index contributed by atoms with van der Waals surface area (Å²) in [7, 11) is 1.73. The van der Waals surface area contributed by atoms with Crippen LogP contribution in [0, 0.1) is 6.92 Å². The summed E-state index contributed by atoms with van der Waals surface area (Å²) in [4.78, 5) is 3.76. The maximum atomic E-state index is 5.34. The molecule has 0 aromatic heterocycles. The van der Waals surface area contributed by atoms with Crippen molar-refractivity contribution in [3.8, 4) is 5.75 Å². The van der Waals surface area contributed by atoms with Crippen molar-refractivity contribution >= 4 is 17.4 Å². The number of anilines is 1. The second-order valence-corrected chi connectivity index (χ2v) is 5.15. The fraction of sp³-hybridized carbons (Fsp3) is 0.500. The fourth-order valence-electron chi connectivity index (χ4n) is 2.06. The van der Waals surface area contributed by atoms with Crippen molar-refractivity contribution in [3.63, 3.8) is 0 Å². The second-order valence-electron chi connectivity index (χ2n) is 3.79. The zero-order chi connectivity index (χ0) is 11.0. The third-order valence-electron chi connectivity index (χ3n) is 2.86. The maximum Gasteiger partial charge on any atom is 0.123 e. The minimum atomic E-state index is 0.538. The minimum Gasteiger partial charge on any atom is -0.496 e. The van der Waals surface area contributed by atoms with E-state index in [9.17, 15) is 0 Å². The smallest absolute Gasteiger partial charge is 0.123 e. The van der Waals surface area contributed by atoms with Crippen molar-refractivity contribution in [2.75, 3.05) is 18.6 Å². The van der Waals surface area contributed by atoms with Crippen molar-refractivity contribution in [2.24, 2.45) is 0 Å². The molecule has 2 nitrogen and oxygen atoms in total. The van der Waals surface area contributed by atoms with Crippen molar-refractivity contribution in [3.05, 3.63) is 17.7 Å². The quantitative estimate of drug-likeness (QED) is 0.763. The van der Waals surface area contributed by atoms with Crippen LogP contribution in [0.25, 0.3) is 0 Å². The average molecular weight is 223 g/mol. The lowest BCUT2D eigenvalue weighted by Crippen LogP contribution is -2.26. The van der Waals surface area contributed by atoms with Crippen LogP contribution in [0.1, 0.15) is 19.4 Å². The first-order valence-electron chi connectivity index (χ1n) is 5.29. The molecule has 1 aromatic rings. The molecule has 3 heteroatoms. The number of hydrogen-bond donors (Lipinski definition) is 0. The highest BCUT2D eigenvalue weighted by Crippen LogP contribution is 2.45.